The van der Waals surface area contributed by atoms with Gasteiger partial charge in [0.1, 0.15) is 11.5 Å². The van der Waals surface area contributed by atoms with Crippen molar-refractivity contribution in [2.45, 2.75) is 32.6 Å². The summed E-state index contributed by atoms with van der Waals surface area (Å²) in [7, 11) is 1.28. The Bertz CT molecular complexity index is 1110. The maximum atomic E-state index is 14.7. The van der Waals surface area contributed by atoms with E-state index in [9.17, 15) is 13.6 Å². The molecule has 1 amide bonds. The van der Waals surface area contributed by atoms with Crippen molar-refractivity contribution in [3.8, 4) is 11.4 Å². The Kier molecular flexibility index (Phi) is 6.81. The standard InChI is InChI=1S/C23H26F2N6O2/c1-3-4-19-18(13-28-31(19)20-11-17(25)21(33-2)12-16(20)24)29-23(32)15-5-9-30(10-6-15)22-14-26-7-8-27-22/h7-8,11-15H,3-6,9-10H2,1-2H3,(H,29,32). The fraction of sp³-hybridized carbons (Fsp3) is 0.391. The Morgan fingerprint density at radius 1 is 1.18 bits per heavy atom. The van der Waals surface area contributed by atoms with Crippen LogP contribution >= 0.6 is 0 Å². The number of rotatable bonds is 7. The van der Waals surface area contributed by atoms with Gasteiger partial charge < -0.3 is 15.0 Å². The number of ether oxygens (including phenoxy) is 1. The monoisotopic (exact) mass is 456 g/mol. The van der Waals surface area contributed by atoms with Crippen LogP contribution < -0.4 is 15.0 Å². The quantitative estimate of drug-likeness (QED) is 0.583. The van der Waals surface area contributed by atoms with Crippen molar-refractivity contribution in [3.63, 3.8) is 0 Å². The number of carbonyl (C=O) groups excluding carboxylic acids is 1. The molecule has 1 N–H and O–H groups in total. The topological polar surface area (TPSA) is 85.2 Å². The molecular formula is C23H26F2N6O2. The minimum atomic E-state index is -0.688. The van der Waals surface area contributed by atoms with E-state index in [1.54, 1.807) is 18.6 Å². The molecule has 0 aliphatic carbocycles. The molecule has 2 aromatic heterocycles. The fourth-order valence-corrected chi connectivity index (χ4v) is 4.06. The van der Waals surface area contributed by atoms with Gasteiger partial charge in [-0.05, 0) is 19.3 Å². The number of anilines is 2. The molecule has 8 nitrogen and oxygen atoms in total. The second-order valence-electron chi connectivity index (χ2n) is 7.92. The van der Waals surface area contributed by atoms with Crippen molar-refractivity contribution in [1.82, 2.24) is 19.7 Å². The van der Waals surface area contributed by atoms with E-state index in [4.69, 9.17) is 4.74 Å². The third kappa shape index (κ3) is 4.79. The molecule has 0 unspecified atom stereocenters. The lowest BCUT2D eigenvalue weighted by Gasteiger charge is -2.31. The third-order valence-corrected chi connectivity index (χ3v) is 5.80. The van der Waals surface area contributed by atoms with Gasteiger partial charge in [-0.3, -0.25) is 9.78 Å². The molecule has 0 radical (unpaired) electrons. The van der Waals surface area contributed by atoms with Crippen LogP contribution in [0.3, 0.4) is 0 Å². The van der Waals surface area contributed by atoms with E-state index in [-0.39, 0.29) is 23.3 Å². The van der Waals surface area contributed by atoms with Crippen molar-refractivity contribution >= 4 is 17.4 Å². The van der Waals surface area contributed by atoms with Gasteiger partial charge in [0.25, 0.3) is 0 Å². The molecule has 1 saturated heterocycles. The average Bonchev–Trinajstić information content (AvgIpc) is 3.23. The minimum absolute atomic E-state index is 0.0328. The highest BCUT2D eigenvalue weighted by atomic mass is 19.1. The number of nitrogens with zero attached hydrogens (tertiary/aromatic N) is 5. The van der Waals surface area contributed by atoms with Crippen LogP contribution in [0.4, 0.5) is 20.3 Å². The van der Waals surface area contributed by atoms with Crippen LogP contribution in [-0.2, 0) is 11.2 Å². The lowest BCUT2D eigenvalue weighted by Crippen LogP contribution is -2.38. The van der Waals surface area contributed by atoms with E-state index < -0.39 is 11.6 Å². The molecule has 0 saturated carbocycles. The summed E-state index contributed by atoms with van der Waals surface area (Å²) in [6.45, 7) is 3.37. The molecule has 174 valence electrons. The Hall–Kier alpha value is -3.56. The van der Waals surface area contributed by atoms with Gasteiger partial charge in [0.15, 0.2) is 17.4 Å². The van der Waals surface area contributed by atoms with Crippen molar-refractivity contribution in [2.24, 2.45) is 5.92 Å². The van der Waals surface area contributed by atoms with Crippen LogP contribution in [0.25, 0.3) is 5.69 Å². The average molecular weight is 456 g/mol. The molecule has 1 fully saturated rings. The highest BCUT2D eigenvalue weighted by Crippen LogP contribution is 2.29. The second kappa shape index (κ2) is 9.93. The Morgan fingerprint density at radius 2 is 1.97 bits per heavy atom. The number of halogens is 2. The fourth-order valence-electron chi connectivity index (χ4n) is 4.06. The first-order valence-electron chi connectivity index (χ1n) is 10.9. The van der Waals surface area contributed by atoms with Crippen LogP contribution in [0.1, 0.15) is 31.9 Å². The number of aromatic nitrogens is 4. The molecule has 1 aliphatic rings. The molecule has 3 heterocycles. The predicted molar refractivity (Wildman–Crippen MR) is 120 cm³/mol. The van der Waals surface area contributed by atoms with E-state index in [0.717, 1.165) is 24.4 Å². The minimum Gasteiger partial charge on any atom is -0.494 e. The third-order valence-electron chi connectivity index (χ3n) is 5.80. The highest BCUT2D eigenvalue weighted by molar-refractivity contribution is 5.93. The van der Waals surface area contributed by atoms with Crippen LogP contribution in [0.15, 0.2) is 36.9 Å². The highest BCUT2D eigenvalue weighted by Gasteiger charge is 2.27. The molecule has 4 rings (SSSR count). The Labute approximate surface area is 190 Å². The van der Waals surface area contributed by atoms with Gasteiger partial charge in [-0.15, -0.1) is 0 Å². The summed E-state index contributed by atoms with van der Waals surface area (Å²) >= 11 is 0. The maximum Gasteiger partial charge on any atom is 0.227 e. The number of methoxy groups -OCH3 is 1. The first kappa shape index (κ1) is 22.6. The van der Waals surface area contributed by atoms with Crippen LogP contribution in [0.5, 0.6) is 5.75 Å². The second-order valence-corrected chi connectivity index (χ2v) is 7.92. The van der Waals surface area contributed by atoms with Crippen molar-refractivity contribution in [2.75, 3.05) is 30.4 Å². The van der Waals surface area contributed by atoms with E-state index in [0.29, 0.717) is 43.7 Å². The molecule has 33 heavy (non-hydrogen) atoms. The van der Waals surface area contributed by atoms with Gasteiger partial charge in [0.2, 0.25) is 5.91 Å². The van der Waals surface area contributed by atoms with E-state index >= 15 is 0 Å². The lowest BCUT2D eigenvalue weighted by atomic mass is 9.96. The smallest absolute Gasteiger partial charge is 0.227 e. The summed E-state index contributed by atoms with van der Waals surface area (Å²) in [5.41, 5.74) is 1.09. The van der Waals surface area contributed by atoms with Gasteiger partial charge in [0, 0.05) is 43.5 Å². The SMILES string of the molecule is CCCc1c(NC(=O)C2CCN(c3cnccn3)CC2)cnn1-c1cc(F)c(OC)cc1F. The zero-order valence-electron chi connectivity index (χ0n) is 18.6. The number of benzene rings is 1. The maximum absolute atomic E-state index is 14.7. The van der Waals surface area contributed by atoms with Crippen LogP contribution in [0.2, 0.25) is 0 Å². The first-order valence-corrected chi connectivity index (χ1v) is 10.9. The summed E-state index contributed by atoms with van der Waals surface area (Å²) in [6.07, 6.45) is 9.11. The number of nitrogens with one attached hydrogen (secondary N) is 1. The van der Waals surface area contributed by atoms with Gasteiger partial charge in [0.05, 0.1) is 30.9 Å². The van der Waals surface area contributed by atoms with Gasteiger partial charge in [-0.2, -0.15) is 5.10 Å². The van der Waals surface area contributed by atoms with E-state index in [2.05, 4.69) is 25.3 Å². The summed E-state index contributed by atoms with van der Waals surface area (Å²) < 4.78 is 35.1. The Balaban J connectivity index is 1.49. The largest absolute Gasteiger partial charge is 0.494 e. The summed E-state index contributed by atoms with van der Waals surface area (Å²) in [5.74, 6) is -0.994. The number of hydrogen-bond acceptors (Lipinski definition) is 6. The molecule has 0 spiro atoms. The molecule has 10 heteroatoms. The zero-order chi connectivity index (χ0) is 23.4. The summed E-state index contributed by atoms with van der Waals surface area (Å²) in [5, 5.41) is 7.20. The molecule has 1 aliphatic heterocycles. The molecule has 3 aromatic rings. The van der Waals surface area contributed by atoms with Gasteiger partial charge >= 0.3 is 0 Å². The van der Waals surface area contributed by atoms with E-state index in [1.807, 2.05) is 6.92 Å². The normalized spacial score (nSPS) is 14.4. The first-order chi connectivity index (χ1) is 16.0. The number of amides is 1. The Morgan fingerprint density at radius 3 is 2.64 bits per heavy atom. The summed E-state index contributed by atoms with van der Waals surface area (Å²) in [6, 6.07) is 2.04. The molecular weight excluding hydrogens is 430 g/mol. The predicted octanol–water partition coefficient (Wildman–Crippen LogP) is 3.76. The van der Waals surface area contributed by atoms with Crippen molar-refractivity contribution in [1.29, 1.82) is 0 Å². The van der Waals surface area contributed by atoms with Gasteiger partial charge in [-0.1, -0.05) is 13.3 Å². The summed E-state index contributed by atoms with van der Waals surface area (Å²) in [4.78, 5) is 23.5. The number of hydrogen-bond donors (Lipinski definition) is 1. The van der Waals surface area contributed by atoms with Crippen molar-refractivity contribution in [3.05, 3.63) is 54.2 Å². The van der Waals surface area contributed by atoms with Crippen LogP contribution in [-0.4, -0.2) is 45.9 Å². The van der Waals surface area contributed by atoms with Crippen molar-refractivity contribution < 1.29 is 18.3 Å². The van der Waals surface area contributed by atoms with E-state index in [1.165, 1.54) is 18.0 Å². The molecule has 1 aromatic carbocycles. The molecule has 0 atom stereocenters. The van der Waals surface area contributed by atoms with Gasteiger partial charge in [-0.25, -0.2) is 18.4 Å². The number of piperidine rings is 1. The number of carbonyl (C=O) groups is 1. The lowest BCUT2D eigenvalue weighted by molar-refractivity contribution is -0.120. The molecule has 0 bridgehead atoms. The van der Waals surface area contributed by atoms with Crippen LogP contribution in [0, 0.1) is 17.6 Å². The zero-order valence-corrected chi connectivity index (χ0v) is 18.6.